The van der Waals surface area contributed by atoms with Gasteiger partial charge in [0.1, 0.15) is 5.78 Å². The van der Waals surface area contributed by atoms with E-state index in [9.17, 15) is 4.79 Å². The van der Waals surface area contributed by atoms with E-state index in [1.165, 1.54) is 11.1 Å². The number of ketones is 1. The fourth-order valence-electron chi connectivity index (χ4n) is 1.21. The van der Waals surface area contributed by atoms with Crippen molar-refractivity contribution in [3.63, 3.8) is 0 Å². The van der Waals surface area contributed by atoms with Gasteiger partial charge in [0.15, 0.2) is 0 Å². The topological polar surface area (TPSA) is 17.1 Å². The van der Waals surface area contributed by atoms with Crippen molar-refractivity contribution < 1.29 is 21.9 Å². The first kappa shape index (κ1) is 14.9. The van der Waals surface area contributed by atoms with Gasteiger partial charge in [-0.3, -0.25) is 0 Å². The van der Waals surface area contributed by atoms with Gasteiger partial charge in [0, 0.05) is 17.1 Å². The van der Waals surface area contributed by atoms with Crippen LogP contribution in [0.25, 0.3) is 0 Å². The largest absolute Gasteiger partial charge is 0.747 e. The van der Waals surface area contributed by atoms with Crippen molar-refractivity contribution in [3.05, 3.63) is 59.2 Å². The Morgan fingerprint density at radius 3 is 1.69 bits per heavy atom. The SMILES string of the molecule is CC(=O)[c-]1cccc1.C[c-]1[cH-][cH-][cH-][c-]1C.[Fe]. The van der Waals surface area contributed by atoms with E-state index in [1.807, 2.05) is 24.3 Å². The second-order valence-corrected chi connectivity index (χ2v) is 3.62. The molecule has 2 rings (SSSR count). The van der Waals surface area contributed by atoms with Crippen LogP contribution in [0.15, 0.2) is 42.5 Å². The minimum absolute atomic E-state index is 0. The molecule has 0 spiro atoms. The number of Topliss-reactive ketones (excluding diaryl/α,β-unsaturated/α-hetero) is 1. The molecule has 0 radical (unpaired) electrons. The normalized spacial score (nSPS) is 8.69. The van der Waals surface area contributed by atoms with E-state index < -0.39 is 0 Å². The van der Waals surface area contributed by atoms with Gasteiger partial charge in [0.25, 0.3) is 0 Å². The van der Waals surface area contributed by atoms with Gasteiger partial charge in [-0.1, -0.05) is 5.56 Å². The third-order valence-electron chi connectivity index (χ3n) is 2.38. The fourth-order valence-corrected chi connectivity index (χ4v) is 1.21. The third-order valence-corrected chi connectivity index (χ3v) is 2.38. The molecule has 0 saturated heterocycles. The van der Waals surface area contributed by atoms with Crippen LogP contribution in [0.1, 0.15) is 28.4 Å². The summed E-state index contributed by atoms with van der Waals surface area (Å²) < 4.78 is 0. The van der Waals surface area contributed by atoms with Crippen LogP contribution in [0.2, 0.25) is 0 Å². The molecule has 92 valence electrons. The van der Waals surface area contributed by atoms with E-state index in [0.29, 0.717) is 0 Å². The molecule has 0 N–H and O–H groups in total. The number of rotatable bonds is 1. The summed E-state index contributed by atoms with van der Waals surface area (Å²) in [7, 11) is 0. The minimum atomic E-state index is 0. The zero-order chi connectivity index (χ0) is 11.3. The molecule has 0 aliphatic rings. The van der Waals surface area contributed by atoms with Gasteiger partial charge in [-0.2, -0.15) is 12.1 Å². The van der Waals surface area contributed by atoms with E-state index in [0.717, 1.165) is 5.56 Å². The first-order valence-electron chi connectivity index (χ1n) is 5.03. The van der Waals surface area contributed by atoms with E-state index in [4.69, 9.17) is 0 Å². The standard InChI is InChI=1S/C7H7O.C7H9.Fe/c1-6(8)7-4-2-3-5-7;1-6-4-3-5-7(6)2;/h2-5H,1H3;3-5H,1-2H3;/q-1;-5;. The molecule has 0 unspecified atom stereocenters. The molecule has 0 saturated carbocycles. The summed E-state index contributed by atoms with van der Waals surface area (Å²) in [6.45, 7) is 5.81. The van der Waals surface area contributed by atoms with E-state index in [2.05, 4.69) is 32.0 Å². The number of aryl methyl sites for hydroxylation is 2. The maximum atomic E-state index is 10.5. The van der Waals surface area contributed by atoms with E-state index in [-0.39, 0.29) is 22.9 Å². The Morgan fingerprint density at radius 2 is 1.50 bits per heavy atom. The zero-order valence-electron chi connectivity index (χ0n) is 9.80. The second-order valence-electron chi connectivity index (χ2n) is 3.62. The molecule has 2 heteroatoms. The quantitative estimate of drug-likeness (QED) is 0.432. The van der Waals surface area contributed by atoms with Crippen LogP contribution in [0, 0.1) is 13.8 Å². The van der Waals surface area contributed by atoms with Crippen molar-refractivity contribution in [1.82, 2.24) is 0 Å². The molecule has 2 aromatic carbocycles. The van der Waals surface area contributed by atoms with Gasteiger partial charge in [-0.05, 0) is 6.92 Å². The molecular formula is C14H16FeO-6. The molecule has 1 nitrogen and oxygen atoms in total. The molecule has 0 aromatic heterocycles. The van der Waals surface area contributed by atoms with Gasteiger partial charge >= 0.3 is 0 Å². The molecule has 0 aliphatic carbocycles. The molecule has 0 amide bonds. The Hall–Kier alpha value is -1.11. The average molecular weight is 256 g/mol. The summed E-state index contributed by atoms with van der Waals surface area (Å²) in [4.78, 5) is 10.5. The van der Waals surface area contributed by atoms with E-state index >= 15 is 0 Å². The van der Waals surface area contributed by atoms with Crippen LogP contribution >= 0.6 is 0 Å². The summed E-state index contributed by atoms with van der Waals surface area (Å²) in [6, 6.07) is 13.6. The molecule has 0 atom stereocenters. The van der Waals surface area contributed by atoms with Crippen molar-refractivity contribution in [2.75, 3.05) is 0 Å². The van der Waals surface area contributed by atoms with Crippen LogP contribution in [0.5, 0.6) is 0 Å². The Balaban J connectivity index is 0.000000267. The third kappa shape index (κ3) is 4.61. The van der Waals surface area contributed by atoms with Crippen molar-refractivity contribution >= 4 is 5.78 Å². The van der Waals surface area contributed by atoms with Crippen LogP contribution in [-0.2, 0) is 17.1 Å². The van der Waals surface area contributed by atoms with Crippen LogP contribution < -0.4 is 0 Å². The zero-order valence-corrected chi connectivity index (χ0v) is 10.9. The van der Waals surface area contributed by atoms with Crippen LogP contribution in [-0.4, -0.2) is 5.78 Å². The summed E-state index contributed by atoms with van der Waals surface area (Å²) >= 11 is 0. The van der Waals surface area contributed by atoms with Gasteiger partial charge in [0.2, 0.25) is 0 Å². The van der Waals surface area contributed by atoms with Gasteiger partial charge < -0.3 is 34.1 Å². The molecule has 2 aromatic rings. The predicted octanol–water partition coefficient (Wildman–Crippen LogP) is 3.63. The molecular weight excluding hydrogens is 240 g/mol. The molecule has 0 aliphatic heterocycles. The summed E-state index contributed by atoms with van der Waals surface area (Å²) in [6.07, 6.45) is 0. The maximum absolute atomic E-state index is 10.5. The first-order chi connectivity index (χ1) is 7.11. The minimum Gasteiger partial charge on any atom is -0.747 e. The maximum Gasteiger partial charge on any atom is 0.105 e. The van der Waals surface area contributed by atoms with Crippen LogP contribution in [0.4, 0.5) is 0 Å². The van der Waals surface area contributed by atoms with Gasteiger partial charge in [-0.25, -0.2) is 26.0 Å². The van der Waals surface area contributed by atoms with Crippen molar-refractivity contribution in [1.29, 1.82) is 0 Å². The Kier molecular flexibility index (Phi) is 6.71. The van der Waals surface area contributed by atoms with Crippen molar-refractivity contribution in [3.8, 4) is 0 Å². The van der Waals surface area contributed by atoms with Crippen LogP contribution in [0.3, 0.4) is 0 Å². The van der Waals surface area contributed by atoms with Gasteiger partial charge in [0.05, 0.1) is 0 Å². The van der Waals surface area contributed by atoms with Crippen molar-refractivity contribution in [2.45, 2.75) is 20.8 Å². The number of carbonyl (C=O) groups is 1. The van der Waals surface area contributed by atoms with Gasteiger partial charge in [-0.15, -0.1) is 0 Å². The summed E-state index contributed by atoms with van der Waals surface area (Å²) in [5.74, 6) is 0.134. The monoisotopic (exact) mass is 256 g/mol. The molecule has 0 fully saturated rings. The van der Waals surface area contributed by atoms with Crippen molar-refractivity contribution in [2.24, 2.45) is 0 Å². The smallest absolute Gasteiger partial charge is 0.105 e. The molecule has 0 bridgehead atoms. The first-order valence-corrected chi connectivity index (χ1v) is 5.03. The van der Waals surface area contributed by atoms with E-state index in [1.54, 1.807) is 6.92 Å². The summed E-state index contributed by atoms with van der Waals surface area (Å²) in [5, 5.41) is 0. The number of carbonyl (C=O) groups excluding carboxylic acids is 1. The summed E-state index contributed by atoms with van der Waals surface area (Å²) in [5.41, 5.74) is 3.57. The molecule has 16 heavy (non-hydrogen) atoms. The fraction of sp³-hybridized carbons (Fsp3) is 0.214. The molecule has 0 heterocycles. The Morgan fingerprint density at radius 1 is 1.06 bits per heavy atom. The second kappa shape index (κ2) is 7.21. The average Bonchev–Trinajstić information content (AvgIpc) is 2.80. The Labute approximate surface area is 108 Å². The number of hydrogen-bond acceptors (Lipinski definition) is 1. The number of hydrogen-bond donors (Lipinski definition) is 0. The predicted molar refractivity (Wildman–Crippen MR) is 63.5 cm³/mol. The Bertz CT molecular complexity index is 393.